The Morgan fingerprint density at radius 1 is 1.35 bits per heavy atom. The Morgan fingerprint density at radius 2 is 2.10 bits per heavy atom. The van der Waals surface area contributed by atoms with Crippen LogP contribution in [0.2, 0.25) is 0 Å². The largest absolute Gasteiger partial charge is 0.349 e. The molecule has 1 aromatic heterocycles. The minimum absolute atomic E-state index is 0.683. The van der Waals surface area contributed by atoms with Crippen molar-refractivity contribution in [3.05, 3.63) is 57.3 Å². The Hall–Kier alpha value is -1.79. The molecule has 0 N–H and O–H groups in total. The summed E-state index contributed by atoms with van der Waals surface area (Å²) in [6.07, 6.45) is 1.97. The number of allylic oxidation sites excluding steroid dienone is 1. The molecule has 1 aromatic carbocycles. The second-order valence-electron chi connectivity index (χ2n) is 4.75. The van der Waals surface area contributed by atoms with Gasteiger partial charge in [-0.25, -0.2) is 0 Å². The quantitative estimate of drug-likeness (QED) is 0.732. The standard InChI is InChI=1S/C17H17BrN2/c1-4-20-12(2)8-15(13(20)3)9-16(11-19)14-6-5-7-17(18)10-14/h5-10H,4H2,1-3H3/b16-9-. The first-order valence-electron chi connectivity index (χ1n) is 6.61. The molecule has 0 aliphatic carbocycles. The highest BCUT2D eigenvalue weighted by atomic mass is 79.9. The number of aromatic nitrogens is 1. The van der Waals surface area contributed by atoms with E-state index < -0.39 is 0 Å². The maximum Gasteiger partial charge on any atom is 0.0998 e. The Bertz CT molecular complexity index is 702. The number of nitriles is 1. The average Bonchev–Trinajstić information content (AvgIpc) is 2.70. The van der Waals surface area contributed by atoms with Crippen molar-refractivity contribution >= 4 is 27.6 Å². The van der Waals surface area contributed by atoms with Gasteiger partial charge in [0.25, 0.3) is 0 Å². The number of aryl methyl sites for hydroxylation is 1. The van der Waals surface area contributed by atoms with Crippen LogP contribution in [0.15, 0.2) is 34.8 Å². The highest BCUT2D eigenvalue weighted by molar-refractivity contribution is 9.10. The van der Waals surface area contributed by atoms with Crippen molar-refractivity contribution in [2.24, 2.45) is 0 Å². The first-order chi connectivity index (χ1) is 9.56. The predicted molar refractivity (Wildman–Crippen MR) is 87.2 cm³/mol. The number of hydrogen-bond donors (Lipinski definition) is 0. The van der Waals surface area contributed by atoms with Gasteiger partial charge in [-0.1, -0.05) is 28.1 Å². The minimum atomic E-state index is 0.683. The first kappa shape index (κ1) is 14.6. The van der Waals surface area contributed by atoms with Crippen LogP contribution in [0.1, 0.15) is 29.4 Å². The Morgan fingerprint density at radius 3 is 2.65 bits per heavy atom. The van der Waals surface area contributed by atoms with Crippen LogP contribution in [0.4, 0.5) is 0 Å². The molecular formula is C17H17BrN2. The minimum Gasteiger partial charge on any atom is -0.349 e. The number of rotatable bonds is 3. The summed E-state index contributed by atoms with van der Waals surface area (Å²) in [5.74, 6) is 0. The van der Waals surface area contributed by atoms with Crippen LogP contribution in [-0.2, 0) is 6.54 Å². The molecule has 0 unspecified atom stereocenters. The maximum atomic E-state index is 9.42. The molecule has 0 fully saturated rings. The van der Waals surface area contributed by atoms with E-state index in [4.69, 9.17) is 0 Å². The zero-order valence-electron chi connectivity index (χ0n) is 11.9. The van der Waals surface area contributed by atoms with E-state index in [2.05, 4.69) is 53.4 Å². The zero-order valence-corrected chi connectivity index (χ0v) is 13.5. The third-order valence-corrected chi connectivity index (χ3v) is 3.98. The molecule has 0 saturated heterocycles. The summed E-state index contributed by atoms with van der Waals surface area (Å²) in [6, 6.07) is 12.3. The molecule has 2 nitrogen and oxygen atoms in total. The molecule has 0 atom stereocenters. The van der Waals surface area contributed by atoms with Crippen LogP contribution >= 0.6 is 15.9 Å². The van der Waals surface area contributed by atoms with E-state index in [1.807, 2.05) is 30.3 Å². The van der Waals surface area contributed by atoms with Gasteiger partial charge in [-0.05, 0) is 56.2 Å². The van der Waals surface area contributed by atoms with Gasteiger partial charge in [0.1, 0.15) is 0 Å². The Labute approximate surface area is 128 Å². The topological polar surface area (TPSA) is 28.7 Å². The second kappa shape index (κ2) is 6.11. The molecule has 0 aliphatic rings. The van der Waals surface area contributed by atoms with E-state index in [0.29, 0.717) is 5.57 Å². The molecule has 3 heteroatoms. The van der Waals surface area contributed by atoms with Crippen molar-refractivity contribution in [1.29, 1.82) is 5.26 Å². The molecule has 102 valence electrons. The fourth-order valence-corrected chi connectivity index (χ4v) is 2.85. The van der Waals surface area contributed by atoms with Gasteiger partial charge in [0.15, 0.2) is 0 Å². The van der Waals surface area contributed by atoms with Crippen molar-refractivity contribution in [3.8, 4) is 6.07 Å². The lowest BCUT2D eigenvalue weighted by atomic mass is 10.0. The number of benzene rings is 1. The summed E-state index contributed by atoms with van der Waals surface area (Å²) in [5.41, 5.74) is 5.15. The van der Waals surface area contributed by atoms with Gasteiger partial charge in [0.2, 0.25) is 0 Å². The summed E-state index contributed by atoms with van der Waals surface area (Å²) in [7, 11) is 0. The molecule has 0 radical (unpaired) electrons. The summed E-state index contributed by atoms with van der Waals surface area (Å²) >= 11 is 3.45. The normalized spacial score (nSPS) is 11.4. The highest BCUT2D eigenvalue weighted by Crippen LogP contribution is 2.24. The molecule has 2 rings (SSSR count). The second-order valence-corrected chi connectivity index (χ2v) is 5.67. The lowest BCUT2D eigenvalue weighted by Crippen LogP contribution is -1.98. The van der Waals surface area contributed by atoms with Gasteiger partial charge in [-0.3, -0.25) is 0 Å². The monoisotopic (exact) mass is 328 g/mol. The summed E-state index contributed by atoms with van der Waals surface area (Å²) in [5, 5.41) is 9.42. The molecule has 2 aromatic rings. The van der Waals surface area contributed by atoms with Gasteiger partial charge >= 0.3 is 0 Å². The molecule has 0 spiro atoms. The molecule has 20 heavy (non-hydrogen) atoms. The molecule has 0 aliphatic heterocycles. The van der Waals surface area contributed by atoms with E-state index in [9.17, 15) is 5.26 Å². The third-order valence-electron chi connectivity index (χ3n) is 3.48. The van der Waals surface area contributed by atoms with Gasteiger partial charge in [0.05, 0.1) is 11.6 Å². The molecule has 0 saturated carbocycles. The summed E-state index contributed by atoms with van der Waals surface area (Å²) in [4.78, 5) is 0. The van der Waals surface area contributed by atoms with Gasteiger partial charge in [-0.15, -0.1) is 0 Å². The fourth-order valence-electron chi connectivity index (χ4n) is 2.45. The SMILES string of the molecule is CCn1c(C)cc(/C=C(/C#N)c2cccc(Br)c2)c1C. The predicted octanol–water partition coefficient (Wildman–Crippen LogP) is 4.95. The van der Waals surface area contributed by atoms with Crippen molar-refractivity contribution in [1.82, 2.24) is 4.57 Å². The first-order valence-corrected chi connectivity index (χ1v) is 7.40. The number of nitrogens with zero attached hydrogens (tertiary/aromatic N) is 2. The van der Waals surface area contributed by atoms with Crippen molar-refractivity contribution in [2.75, 3.05) is 0 Å². The average molecular weight is 329 g/mol. The van der Waals surface area contributed by atoms with E-state index in [1.165, 1.54) is 11.4 Å². The van der Waals surface area contributed by atoms with E-state index >= 15 is 0 Å². The van der Waals surface area contributed by atoms with Crippen molar-refractivity contribution in [3.63, 3.8) is 0 Å². The fraction of sp³-hybridized carbons (Fsp3) is 0.235. The summed E-state index contributed by atoms with van der Waals surface area (Å²) in [6.45, 7) is 7.27. The van der Waals surface area contributed by atoms with Crippen LogP contribution in [0, 0.1) is 25.2 Å². The molecule has 0 bridgehead atoms. The molecule has 0 amide bonds. The van der Waals surface area contributed by atoms with Crippen LogP contribution in [0.5, 0.6) is 0 Å². The van der Waals surface area contributed by atoms with Crippen molar-refractivity contribution < 1.29 is 0 Å². The summed E-state index contributed by atoms with van der Waals surface area (Å²) < 4.78 is 3.23. The van der Waals surface area contributed by atoms with Crippen LogP contribution in [0.25, 0.3) is 11.6 Å². The smallest absolute Gasteiger partial charge is 0.0998 e. The van der Waals surface area contributed by atoms with Crippen LogP contribution < -0.4 is 0 Å². The molecular weight excluding hydrogens is 312 g/mol. The van der Waals surface area contributed by atoms with Crippen LogP contribution in [-0.4, -0.2) is 4.57 Å². The Balaban J connectivity index is 2.50. The third kappa shape index (κ3) is 2.86. The van der Waals surface area contributed by atoms with Gasteiger partial charge in [-0.2, -0.15) is 5.26 Å². The van der Waals surface area contributed by atoms with Crippen LogP contribution in [0.3, 0.4) is 0 Å². The van der Waals surface area contributed by atoms with E-state index in [-0.39, 0.29) is 0 Å². The maximum absolute atomic E-state index is 9.42. The lowest BCUT2D eigenvalue weighted by Gasteiger charge is -2.05. The van der Waals surface area contributed by atoms with E-state index in [1.54, 1.807) is 0 Å². The zero-order chi connectivity index (χ0) is 14.7. The molecule has 1 heterocycles. The number of halogens is 1. The van der Waals surface area contributed by atoms with Crippen molar-refractivity contribution in [2.45, 2.75) is 27.3 Å². The van der Waals surface area contributed by atoms with Gasteiger partial charge in [0, 0.05) is 22.4 Å². The van der Waals surface area contributed by atoms with Gasteiger partial charge < -0.3 is 4.57 Å². The Kier molecular flexibility index (Phi) is 4.46. The van der Waals surface area contributed by atoms with E-state index in [0.717, 1.165) is 22.1 Å². The number of hydrogen-bond acceptors (Lipinski definition) is 1. The highest BCUT2D eigenvalue weighted by Gasteiger charge is 2.08. The lowest BCUT2D eigenvalue weighted by molar-refractivity contribution is 0.718.